The maximum absolute atomic E-state index is 11.3. The summed E-state index contributed by atoms with van der Waals surface area (Å²) in [5.41, 5.74) is 6.35. The van der Waals surface area contributed by atoms with Crippen LogP contribution in [0, 0.1) is 0 Å². The van der Waals surface area contributed by atoms with E-state index in [0.717, 1.165) is 0 Å². The van der Waals surface area contributed by atoms with Crippen LogP contribution in [0.1, 0.15) is 17.4 Å². The van der Waals surface area contributed by atoms with E-state index in [1.54, 1.807) is 7.05 Å². The molecule has 1 aromatic heterocycles. The van der Waals surface area contributed by atoms with Crippen molar-refractivity contribution in [1.29, 1.82) is 0 Å². The van der Waals surface area contributed by atoms with E-state index >= 15 is 0 Å². The number of rotatable bonds is 2. The first-order valence-corrected chi connectivity index (χ1v) is 3.72. The van der Waals surface area contributed by atoms with Crippen LogP contribution in [0.4, 0.5) is 5.69 Å². The number of nitrogens with one attached hydrogen (secondary N) is 1. The summed E-state index contributed by atoms with van der Waals surface area (Å²) in [6.45, 7) is 2.44. The number of carbonyl (C=O) groups excluding carboxylic acids is 1. The van der Waals surface area contributed by atoms with Crippen molar-refractivity contribution in [3.05, 3.63) is 11.9 Å². The fourth-order valence-corrected chi connectivity index (χ4v) is 0.977. The highest BCUT2D eigenvalue weighted by molar-refractivity contribution is 5.97. The van der Waals surface area contributed by atoms with E-state index in [2.05, 4.69) is 10.4 Å². The summed E-state index contributed by atoms with van der Waals surface area (Å²) in [5.74, 6) is -0.185. The van der Waals surface area contributed by atoms with E-state index in [-0.39, 0.29) is 18.3 Å². The Hall–Kier alpha value is -1.23. The molecule has 0 unspecified atom stereocenters. The molecule has 1 aromatic rings. The summed E-state index contributed by atoms with van der Waals surface area (Å²) >= 11 is 0. The third-order valence-corrected chi connectivity index (χ3v) is 1.52. The first-order valence-electron chi connectivity index (χ1n) is 3.72. The number of hydrogen-bond donors (Lipinski definition) is 2. The van der Waals surface area contributed by atoms with Crippen LogP contribution >= 0.6 is 12.4 Å². The highest BCUT2D eigenvalue weighted by atomic mass is 35.5. The van der Waals surface area contributed by atoms with Crippen molar-refractivity contribution in [2.75, 3.05) is 12.3 Å². The van der Waals surface area contributed by atoms with E-state index in [9.17, 15) is 4.79 Å². The zero-order valence-corrected chi connectivity index (χ0v) is 8.39. The number of aromatic nitrogens is 2. The third-order valence-electron chi connectivity index (χ3n) is 1.52. The highest BCUT2D eigenvalue weighted by Gasteiger charge is 2.12. The lowest BCUT2D eigenvalue weighted by Crippen LogP contribution is -2.25. The van der Waals surface area contributed by atoms with Crippen molar-refractivity contribution in [1.82, 2.24) is 15.1 Å². The van der Waals surface area contributed by atoms with Gasteiger partial charge in [0.1, 0.15) is 5.69 Å². The number of anilines is 1. The van der Waals surface area contributed by atoms with Gasteiger partial charge in [-0.25, -0.2) is 0 Å². The Balaban J connectivity index is 0.00000144. The molecule has 13 heavy (non-hydrogen) atoms. The van der Waals surface area contributed by atoms with Gasteiger partial charge in [0.05, 0.1) is 11.9 Å². The van der Waals surface area contributed by atoms with Crippen LogP contribution < -0.4 is 11.1 Å². The van der Waals surface area contributed by atoms with Gasteiger partial charge in [0, 0.05) is 13.6 Å². The van der Waals surface area contributed by atoms with Gasteiger partial charge in [-0.1, -0.05) is 0 Å². The van der Waals surface area contributed by atoms with Crippen LogP contribution in [0.2, 0.25) is 0 Å². The molecule has 1 rings (SSSR count). The van der Waals surface area contributed by atoms with E-state index in [0.29, 0.717) is 17.9 Å². The zero-order valence-electron chi connectivity index (χ0n) is 7.57. The topological polar surface area (TPSA) is 72.9 Å². The smallest absolute Gasteiger partial charge is 0.271 e. The van der Waals surface area contributed by atoms with Gasteiger partial charge in [-0.3, -0.25) is 9.48 Å². The minimum Gasteiger partial charge on any atom is -0.396 e. The standard InChI is InChI=1S/C7H12N4O.ClH/c1-3-9-7(12)6-5(8)4-10-11(6)2;/h4H,3,8H2,1-2H3,(H,9,12);1H. The zero-order chi connectivity index (χ0) is 9.14. The molecule has 0 aliphatic rings. The highest BCUT2D eigenvalue weighted by Crippen LogP contribution is 2.07. The van der Waals surface area contributed by atoms with Crippen LogP contribution in [0.5, 0.6) is 0 Å². The first-order chi connectivity index (χ1) is 5.66. The molecule has 6 heteroatoms. The summed E-state index contributed by atoms with van der Waals surface area (Å²) < 4.78 is 1.46. The van der Waals surface area contributed by atoms with Gasteiger partial charge in [-0.2, -0.15) is 5.10 Å². The molecular weight excluding hydrogens is 192 g/mol. The molecule has 1 heterocycles. The number of halogens is 1. The van der Waals surface area contributed by atoms with E-state index in [1.165, 1.54) is 10.9 Å². The fourth-order valence-electron chi connectivity index (χ4n) is 0.977. The minimum atomic E-state index is -0.185. The molecule has 5 nitrogen and oxygen atoms in total. The predicted octanol–water partition coefficient (Wildman–Crippen LogP) is 0.174. The largest absolute Gasteiger partial charge is 0.396 e. The van der Waals surface area contributed by atoms with Crippen molar-refractivity contribution in [3.63, 3.8) is 0 Å². The molecule has 0 atom stereocenters. The molecule has 0 fully saturated rings. The van der Waals surface area contributed by atoms with Crippen molar-refractivity contribution in [3.8, 4) is 0 Å². The van der Waals surface area contributed by atoms with Gasteiger partial charge in [0.2, 0.25) is 0 Å². The van der Waals surface area contributed by atoms with E-state index in [1.807, 2.05) is 6.92 Å². The minimum absolute atomic E-state index is 0. The molecule has 0 radical (unpaired) electrons. The van der Waals surface area contributed by atoms with Gasteiger partial charge in [-0.05, 0) is 6.92 Å². The van der Waals surface area contributed by atoms with Gasteiger partial charge < -0.3 is 11.1 Å². The molecule has 0 aromatic carbocycles. The molecule has 3 N–H and O–H groups in total. The third kappa shape index (κ3) is 2.35. The lowest BCUT2D eigenvalue weighted by atomic mass is 10.3. The Morgan fingerprint density at radius 2 is 2.38 bits per heavy atom. The lowest BCUT2D eigenvalue weighted by Gasteiger charge is -2.02. The summed E-state index contributed by atoms with van der Waals surface area (Å²) in [4.78, 5) is 11.3. The summed E-state index contributed by atoms with van der Waals surface area (Å²) in [6.07, 6.45) is 1.46. The second-order valence-electron chi connectivity index (χ2n) is 2.43. The summed E-state index contributed by atoms with van der Waals surface area (Å²) in [7, 11) is 1.68. The average Bonchev–Trinajstić information content (AvgIpc) is 2.32. The average molecular weight is 205 g/mol. The van der Waals surface area contributed by atoms with E-state index in [4.69, 9.17) is 5.73 Å². The summed E-state index contributed by atoms with van der Waals surface area (Å²) in [6, 6.07) is 0. The molecule has 0 saturated carbocycles. The second-order valence-corrected chi connectivity index (χ2v) is 2.43. The second kappa shape index (κ2) is 4.71. The van der Waals surface area contributed by atoms with Gasteiger partial charge in [0.25, 0.3) is 5.91 Å². The van der Waals surface area contributed by atoms with Crippen molar-refractivity contribution in [2.24, 2.45) is 7.05 Å². The number of hydrogen-bond acceptors (Lipinski definition) is 3. The molecule has 74 valence electrons. The normalized spacial score (nSPS) is 9.08. The quantitative estimate of drug-likeness (QED) is 0.722. The Bertz CT molecular complexity index is 277. The van der Waals surface area contributed by atoms with Gasteiger partial charge in [0.15, 0.2) is 0 Å². The Morgan fingerprint density at radius 1 is 1.77 bits per heavy atom. The number of amides is 1. The van der Waals surface area contributed by atoms with E-state index < -0.39 is 0 Å². The van der Waals surface area contributed by atoms with Crippen LogP contribution in [0.15, 0.2) is 6.20 Å². The van der Waals surface area contributed by atoms with Crippen molar-refractivity contribution in [2.45, 2.75) is 6.92 Å². The maximum Gasteiger partial charge on any atom is 0.271 e. The van der Waals surface area contributed by atoms with Crippen LogP contribution in [0.3, 0.4) is 0 Å². The first kappa shape index (κ1) is 11.8. The number of nitrogen functional groups attached to an aromatic ring is 1. The SMILES string of the molecule is CCNC(=O)c1c(N)cnn1C.Cl. The van der Waals surface area contributed by atoms with Crippen molar-refractivity contribution >= 4 is 24.0 Å². The van der Waals surface area contributed by atoms with Crippen LogP contribution in [-0.4, -0.2) is 22.2 Å². The predicted molar refractivity (Wildman–Crippen MR) is 52.9 cm³/mol. The summed E-state index contributed by atoms with van der Waals surface area (Å²) in [5, 5.41) is 6.50. The fraction of sp³-hybridized carbons (Fsp3) is 0.429. The monoisotopic (exact) mass is 204 g/mol. The Kier molecular flexibility index (Phi) is 4.27. The lowest BCUT2D eigenvalue weighted by molar-refractivity contribution is 0.0947. The molecule has 0 bridgehead atoms. The maximum atomic E-state index is 11.3. The van der Waals surface area contributed by atoms with Crippen molar-refractivity contribution < 1.29 is 4.79 Å². The molecule has 0 aliphatic heterocycles. The van der Waals surface area contributed by atoms with Gasteiger partial charge in [-0.15, -0.1) is 12.4 Å². The number of nitrogens with two attached hydrogens (primary N) is 1. The Labute approximate surface area is 82.7 Å². The molecule has 0 saturated heterocycles. The number of aryl methyl sites for hydroxylation is 1. The molecular formula is C7H13ClN4O. The number of nitrogens with zero attached hydrogens (tertiary/aromatic N) is 2. The van der Waals surface area contributed by atoms with Crippen LogP contribution in [0.25, 0.3) is 0 Å². The molecule has 0 aliphatic carbocycles. The molecule has 0 spiro atoms. The van der Waals surface area contributed by atoms with Gasteiger partial charge >= 0.3 is 0 Å². The molecule has 1 amide bonds. The Morgan fingerprint density at radius 3 is 2.77 bits per heavy atom. The van der Waals surface area contributed by atoms with Crippen LogP contribution in [-0.2, 0) is 7.05 Å². The number of carbonyl (C=O) groups is 1.